The number of anilines is 1. The first-order valence-electron chi connectivity index (χ1n) is 10.2. The SMILES string of the molecule is COC(=O)c1csc(NC(=O)C(CC(C)C)N2C(=O)NC(c3ccc4c(c3)OCO4)C2=O)n1. The summed E-state index contributed by atoms with van der Waals surface area (Å²) in [6.45, 7) is 3.85. The number of nitrogens with zero attached hydrogens (tertiary/aromatic N) is 2. The molecule has 1 aromatic heterocycles. The number of hydrogen-bond donors (Lipinski definition) is 2. The molecular weight excluding hydrogens is 452 g/mol. The Kier molecular flexibility index (Phi) is 6.18. The molecule has 2 aliphatic rings. The van der Waals surface area contributed by atoms with Gasteiger partial charge in [-0.15, -0.1) is 11.3 Å². The van der Waals surface area contributed by atoms with Crippen LogP contribution in [0.1, 0.15) is 42.4 Å². The van der Waals surface area contributed by atoms with Crippen molar-refractivity contribution in [3.8, 4) is 11.5 Å². The Balaban J connectivity index is 1.55. The molecule has 2 atom stereocenters. The van der Waals surface area contributed by atoms with E-state index in [0.29, 0.717) is 17.1 Å². The van der Waals surface area contributed by atoms with Gasteiger partial charge < -0.3 is 24.8 Å². The maximum Gasteiger partial charge on any atom is 0.357 e. The van der Waals surface area contributed by atoms with E-state index in [-0.39, 0.29) is 30.0 Å². The average Bonchev–Trinajstić information content (AvgIpc) is 3.50. The predicted molar refractivity (Wildman–Crippen MR) is 116 cm³/mol. The van der Waals surface area contributed by atoms with Crippen LogP contribution in [0.15, 0.2) is 23.6 Å². The lowest BCUT2D eigenvalue weighted by atomic mass is 10.0. The van der Waals surface area contributed by atoms with Gasteiger partial charge in [-0.2, -0.15) is 0 Å². The molecule has 11 nitrogen and oxygen atoms in total. The van der Waals surface area contributed by atoms with Crippen molar-refractivity contribution >= 4 is 40.3 Å². The van der Waals surface area contributed by atoms with Gasteiger partial charge in [0.15, 0.2) is 22.3 Å². The molecule has 2 N–H and O–H groups in total. The quantitative estimate of drug-likeness (QED) is 0.461. The third-order valence-corrected chi connectivity index (χ3v) is 5.90. The highest BCUT2D eigenvalue weighted by Crippen LogP contribution is 2.36. The summed E-state index contributed by atoms with van der Waals surface area (Å²) in [7, 11) is 1.23. The summed E-state index contributed by atoms with van der Waals surface area (Å²) < 4.78 is 15.3. The molecule has 12 heteroatoms. The third-order valence-electron chi connectivity index (χ3n) is 5.14. The van der Waals surface area contributed by atoms with Gasteiger partial charge >= 0.3 is 12.0 Å². The van der Waals surface area contributed by atoms with Crippen molar-refractivity contribution in [2.24, 2.45) is 5.92 Å². The number of thiazole rings is 1. The van der Waals surface area contributed by atoms with E-state index >= 15 is 0 Å². The minimum atomic E-state index is -1.07. The normalized spacial score (nSPS) is 17.8. The second-order valence-corrected chi connectivity index (χ2v) is 8.73. The molecule has 2 unspecified atom stereocenters. The molecule has 174 valence electrons. The van der Waals surface area contributed by atoms with E-state index in [1.54, 1.807) is 18.2 Å². The molecule has 0 aliphatic carbocycles. The van der Waals surface area contributed by atoms with Crippen molar-refractivity contribution in [1.82, 2.24) is 15.2 Å². The second kappa shape index (κ2) is 9.06. The number of methoxy groups -OCH3 is 1. The molecule has 3 heterocycles. The summed E-state index contributed by atoms with van der Waals surface area (Å²) in [5.74, 6) is -0.716. The third kappa shape index (κ3) is 4.46. The second-order valence-electron chi connectivity index (χ2n) is 7.87. The van der Waals surface area contributed by atoms with Gasteiger partial charge in [-0.3, -0.25) is 9.59 Å². The van der Waals surface area contributed by atoms with Gasteiger partial charge in [0.05, 0.1) is 7.11 Å². The molecular formula is C21H22N4O7S. The van der Waals surface area contributed by atoms with E-state index in [0.717, 1.165) is 16.2 Å². The smallest absolute Gasteiger partial charge is 0.357 e. The van der Waals surface area contributed by atoms with Crippen molar-refractivity contribution in [3.05, 3.63) is 34.8 Å². The van der Waals surface area contributed by atoms with Gasteiger partial charge in [-0.25, -0.2) is 19.5 Å². The van der Waals surface area contributed by atoms with Crippen molar-refractivity contribution < 1.29 is 33.4 Å². The fraction of sp³-hybridized carbons (Fsp3) is 0.381. The fourth-order valence-electron chi connectivity index (χ4n) is 3.60. The maximum absolute atomic E-state index is 13.2. The van der Waals surface area contributed by atoms with Gasteiger partial charge in [0, 0.05) is 5.38 Å². The molecule has 2 aliphatic heterocycles. The number of fused-ring (bicyclic) bond motifs is 1. The van der Waals surface area contributed by atoms with Crippen molar-refractivity contribution in [3.63, 3.8) is 0 Å². The Labute approximate surface area is 193 Å². The van der Waals surface area contributed by atoms with Crippen molar-refractivity contribution in [1.29, 1.82) is 0 Å². The van der Waals surface area contributed by atoms with Crippen LogP contribution in [-0.4, -0.2) is 53.6 Å². The van der Waals surface area contributed by atoms with Crippen LogP contribution in [0.25, 0.3) is 0 Å². The molecule has 1 aromatic carbocycles. The van der Waals surface area contributed by atoms with Crippen LogP contribution >= 0.6 is 11.3 Å². The molecule has 0 radical (unpaired) electrons. The monoisotopic (exact) mass is 474 g/mol. The molecule has 4 amide bonds. The number of carbonyl (C=O) groups is 4. The number of amides is 4. The van der Waals surface area contributed by atoms with Crippen LogP contribution in [0, 0.1) is 5.92 Å². The number of carbonyl (C=O) groups excluding carboxylic acids is 4. The van der Waals surface area contributed by atoms with Gasteiger partial charge in [-0.1, -0.05) is 19.9 Å². The number of rotatable bonds is 7. The highest BCUT2D eigenvalue weighted by molar-refractivity contribution is 7.14. The molecule has 33 heavy (non-hydrogen) atoms. The van der Waals surface area contributed by atoms with E-state index in [1.165, 1.54) is 12.5 Å². The number of benzene rings is 1. The molecule has 0 saturated carbocycles. The van der Waals surface area contributed by atoms with E-state index in [2.05, 4.69) is 20.4 Å². The highest BCUT2D eigenvalue weighted by atomic mass is 32.1. The first kappa shape index (κ1) is 22.5. The summed E-state index contributed by atoms with van der Waals surface area (Å²) in [4.78, 5) is 55.7. The van der Waals surface area contributed by atoms with Gasteiger partial charge in [0.1, 0.15) is 12.1 Å². The minimum absolute atomic E-state index is 0.00729. The van der Waals surface area contributed by atoms with Crippen LogP contribution in [0.5, 0.6) is 11.5 Å². The summed E-state index contributed by atoms with van der Waals surface area (Å²) in [5.41, 5.74) is 0.572. The fourth-order valence-corrected chi connectivity index (χ4v) is 4.28. The van der Waals surface area contributed by atoms with Crippen LogP contribution < -0.4 is 20.1 Å². The predicted octanol–water partition coefficient (Wildman–Crippen LogP) is 2.30. The zero-order valence-corrected chi connectivity index (χ0v) is 18.9. The molecule has 4 rings (SSSR count). The number of nitrogens with one attached hydrogen (secondary N) is 2. The van der Waals surface area contributed by atoms with Crippen molar-refractivity contribution in [2.45, 2.75) is 32.4 Å². The topological polar surface area (TPSA) is 136 Å². The zero-order valence-electron chi connectivity index (χ0n) is 18.1. The summed E-state index contributed by atoms with van der Waals surface area (Å²) in [6.07, 6.45) is 0.244. The number of esters is 1. The van der Waals surface area contributed by atoms with Crippen LogP contribution in [0.3, 0.4) is 0 Å². The Morgan fingerprint density at radius 1 is 1.30 bits per heavy atom. The molecule has 1 fully saturated rings. The molecule has 1 saturated heterocycles. The van der Waals surface area contributed by atoms with Crippen molar-refractivity contribution in [2.75, 3.05) is 19.2 Å². The molecule has 0 spiro atoms. The highest BCUT2D eigenvalue weighted by Gasteiger charge is 2.45. The number of ether oxygens (including phenoxy) is 3. The zero-order chi connectivity index (χ0) is 23.7. The number of hydrogen-bond acceptors (Lipinski definition) is 9. The van der Waals surface area contributed by atoms with Gasteiger partial charge in [0.2, 0.25) is 12.7 Å². The first-order chi connectivity index (χ1) is 15.8. The Bertz CT molecular complexity index is 1120. The maximum atomic E-state index is 13.2. The van der Waals surface area contributed by atoms with E-state index in [1.807, 2.05) is 13.8 Å². The molecule has 0 bridgehead atoms. The lowest BCUT2D eigenvalue weighted by Crippen LogP contribution is -2.48. The average molecular weight is 474 g/mol. The minimum Gasteiger partial charge on any atom is -0.464 e. The number of aromatic nitrogens is 1. The first-order valence-corrected chi connectivity index (χ1v) is 11.0. The number of urea groups is 1. The van der Waals surface area contributed by atoms with Gasteiger partial charge in [0.25, 0.3) is 5.91 Å². The summed E-state index contributed by atoms with van der Waals surface area (Å²) >= 11 is 1.04. The Morgan fingerprint density at radius 2 is 2.06 bits per heavy atom. The number of imide groups is 1. The standard InChI is InChI=1S/C21H22N4O7S/c1-10(2)6-13(17(26)24-20-22-12(8-33-20)19(28)30-3)25-18(27)16(23-21(25)29)11-4-5-14-15(7-11)32-9-31-14/h4-5,7-8,10,13,16H,6,9H2,1-3H3,(H,23,29)(H,22,24,26). The van der Waals surface area contributed by atoms with Gasteiger partial charge in [-0.05, 0) is 30.0 Å². The Morgan fingerprint density at radius 3 is 2.79 bits per heavy atom. The Hall–Kier alpha value is -3.67. The summed E-state index contributed by atoms with van der Waals surface area (Å²) in [6, 6.07) is 2.27. The van der Waals surface area contributed by atoms with Crippen LogP contribution in [-0.2, 0) is 14.3 Å². The van der Waals surface area contributed by atoms with Crippen LogP contribution in [0.4, 0.5) is 9.93 Å². The lowest BCUT2D eigenvalue weighted by molar-refractivity contribution is -0.134. The van der Waals surface area contributed by atoms with Crippen LogP contribution in [0.2, 0.25) is 0 Å². The van der Waals surface area contributed by atoms with E-state index < -0.39 is 35.9 Å². The van der Waals surface area contributed by atoms with E-state index in [9.17, 15) is 19.2 Å². The largest absolute Gasteiger partial charge is 0.464 e. The molecule has 2 aromatic rings. The van der Waals surface area contributed by atoms with E-state index in [4.69, 9.17) is 9.47 Å². The summed E-state index contributed by atoms with van der Waals surface area (Å²) in [5, 5.41) is 6.86. The lowest BCUT2D eigenvalue weighted by Gasteiger charge is -2.25.